The van der Waals surface area contributed by atoms with Crippen LogP contribution in [0.4, 0.5) is 23.9 Å². The molecule has 0 unspecified atom stereocenters. The van der Waals surface area contributed by atoms with Crippen molar-refractivity contribution in [2.45, 2.75) is 13.8 Å². The Hall–Kier alpha value is -2.09. The standard InChI is InChI=1S/C13H11F3N2O2S/c1-3-20-13(19)10-6(2)18-21-12(10)17-11-8(15)4-7(14)5-9(11)16/h4-5,17H,3H2,1-2H3. The van der Waals surface area contributed by atoms with E-state index in [0.717, 1.165) is 11.5 Å². The van der Waals surface area contributed by atoms with Gasteiger partial charge < -0.3 is 10.1 Å². The van der Waals surface area contributed by atoms with Gasteiger partial charge in [0, 0.05) is 12.1 Å². The molecule has 0 aliphatic heterocycles. The molecule has 0 bridgehead atoms. The number of carbonyl (C=O) groups is 1. The van der Waals surface area contributed by atoms with Crippen LogP contribution in [0.5, 0.6) is 0 Å². The van der Waals surface area contributed by atoms with Gasteiger partial charge in [0.2, 0.25) is 0 Å². The summed E-state index contributed by atoms with van der Waals surface area (Å²) < 4.78 is 48.9. The fraction of sp³-hybridized carbons (Fsp3) is 0.231. The normalized spacial score (nSPS) is 10.5. The minimum atomic E-state index is -1.10. The van der Waals surface area contributed by atoms with Gasteiger partial charge in [0.15, 0.2) is 11.6 Å². The molecule has 0 spiro atoms. The van der Waals surface area contributed by atoms with Crippen molar-refractivity contribution in [1.29, 1.82) is 0 Å². The Bertz CT molecular complexity index is 665. The molecule has 8 heteroatoms. The van der Waals surface area contributed by atoms with Crippen molar-refractivity contribution in [2.24, 2.45) is 0 Å². The topological polar surface area (TPSA) is 51.2 Å². The second-order valence-corrected chi connectivity index (χ2v) is 4.84. The van der Waals surface area contributed by atoms with Crippen molar-refractivity contribution in [3.8, 4) is 0 Å². The second-order valence-electron chi connectivity index (χ2n) is 4.06. The first-order chi connectivity index (χ1) is 9.93. The third-order valence-electron chi connectivity index (χ3n) is 2.59. The molecule has 0 aliphatic carbocycles. The zero-order valence-corrected chi connectivity index (χ0v) is 12.0. The molecule has 1 aromatic carbocycles. The monoisotopic (exact) mass is 316 g/mol. The lowest BCUT2D eigenvalue weighted by molar-refractivity contribution is 0.0527. The third kappa shape index (κ3) is 3.15. The molecule has 112 valence electrons. The fourth-order valence-electron chi connectivity index (χ4n) is 1.67. The van der Waals surface area contributed by atoms with Crippen molar-refractivity contribution in [1.82, 2.24) is 4.37 Å². The first kappa shape index (κ1) is 15.3. The first-order valence-corrected chi connectivity index (χ1v) is 6.76. The maximum Gasteiger partial charge on any atom is 0.343 e. The maximum atomic E-state index is 13.6. The fourth-order valence-corrected chi connectivity index (χ4v) is 2.46. The van der Waals surface area contributed by atoms with E-state index in [-0.39, 0.29) is 17.2 Å². The highest BCUT2D eigenvalue weighted by Crippen LogP contribution is 2.31. The number of aromatic nitrogens is 1. The number of benzene rings is 1. The van der Waals surface area contributed by atoms with Crippen LogP contribution in [-0.2, 0) is 4.74 Å². The van der Waals surface area contributed by atoms with Gasteiger partial charge in [-0.25, -0.2) is 18.0 Å². The summed E-state index contributed by atoms with van der Waals surface area (Å²) in [4.78, 5) is 11.8. The molecule has 2 aromatic rings. The number of aryl methyl sites for hydroxylation is 1. The van der Waals surface area contributed by atoms with Gasteiger partial charge in [0.1, 0.15) is 22.1 Å². The number of nitrogens with zero attached hydrogens (tertiary/aromatic N) is 1. The number of carbonyl (C=O) groups excluding carboxylic acids is 1. The summed E-state index contributed by atoms with van der Waals surface area (Å²) in [5.41, 5.74) is -0.0700. The zero-order valence-electron chi connectivity index (χ0n) is 11.2. The molecular formula is C13H11F3N2O2S. The van der Waals surface area contributed by atoms with E-state index >= 15 is 0 Å². The van der Waals surface area contributed by atoms with Crippen LogP contribution >= 0.6 is 11.5 Å². The van der Waals surface area contributed by atoms with Crippen molar-refractivity contribution in [2.75, 3.05) is 11.9 Å². The molecule has 21 heavy (non-hydrogen) atoms. The Morgan fingerprint density at radius 2 is 1.95 bits per heavy atom. The minimum Gasteiger partial charge on any atom is -0.462 e. The van der Waals surface area contributed by atoms with Gasteiger partial charge in [-0.1, -0.05) is 0 Å². The molecule has 0 atom stereocenters. The van der Waals surface area contributed by atoms with E-state index < -0.39 is 29.1 Å². The predicted octanol–water partition coefficient (Wildman–Crippen LogP) is 3.79. The van der Waals surface area contributed by atoms with E-state index in [1.165, 1.54) is 0 Å². The third-order valence-corrected chi connectivity index (χ3v) is 3.44. The number of hydrogen-bond acceptors (Lipinski definition) is 5. The Balaban J connectivity index is 2.39. The van der Waals surface area contributed by atoms with E-state index in [4.69, 9.17) is 4.74 Å². The highest BCUT2D eigenvalue weighted by molar-refractivity contribution is 7.10. The van der Waals surface area contributed by atoms with Crippen LogP contribution in [-0.4, -0.2) is 16.9 Å². The van der Waals surface area contributed by atoms with Gasteiger partial charge in [0.25, 0.3) is 0 Å². The molecule has 1 N–H and O–H groups in total. The highest BCUT2D eigenvalue weighted by Gasteiger charge is 2.22. The molecule has 0 radical (unpaired) electrons. The lowest BCUT2D eigenvalue weighted by Gasteiger charge is -2.09. The molecule has 1 aromatic heterocycles. The van der Waals surface area contributed by atoms with Crippen LogP contribution in [0.15, 0.2) is 12.1 Å². The van der Waals surface area contributed by atoms with E-state index in [2.05, 4.69) is 9.69 Å². The molecular weight excluding hydrogens is 305 g/mol. The van der Waals surface area contributed by atoms with Crippen molar-refractivity contribution < 1.29 is 22.7 Å². The summed E-state index contributed by atoms with van der Waals surface area (Å²) in [5.74, 6) is -3.88. The number of hydrogen-bond donors (Lipinski definition) is 1. The van der Waals surface area contributed by atoms with Crippen molar-refractivity contribution >= 4 is 28.2 Å². The Morgan fingerprint density at radius 1 is 1.33 bits per heavy atom. The van der Waals surface area contributed by atoms with Gasteiger partial charge in [-0.2, -0.15) is 4.37 Å². The van der Waals surface area contributed by atoms with E-state index in [1.54, 1.807) is 13.8 Å². The average molecular weight is 316 g/mol. The smallest absolute Gasteiger partial charge is 0.343 e. The number of rotatable bonds is 4. The molecule has 1 heterocycles. The quantitative estimate of drug-likeness (QED) is 0.872. The summed E-state index contributed by atoms with van der Waals surface area (Å²) in [6.07, 6.45) is 0. The van der Waals surface area contributed by atoms with Gasteiger partial charge >= 0.3 is 5.97 Å². The molecule has 0 saturated heterocycles. The SMILES string of the molecule is CCOC(=O)c1c(C)nsc1Nc1c(F)cc(F)cc1F. The van der Waals surface area contributed by atoms with Gasteiger partial charge in [-0.3, -0.25) is 0 Å². The molecule has 0 fully saturated rings. The van der Waals surface area contributed by atoms with Crippen molar-refractivity contribution in [3.63, 3.8) is 0 Å². The molecule has 2 rings (SSSR count). The number of esters is 1. The largest absolute Gasteiger partial charge is 0.462 e. The van der Waals surface area contributed by atoms with Crippen molar-refractivity contribution in [3.05, 3.63) is 40.8 Å². The van der Waals surface area contributed by atoms with Gasteiger partial charge in [-0.05, 0) is 25.4 Å². The molecule has 4 nitrogen and oxygen atoms in total. The number of nitrogens with one attached hydrogen (secondary N) is 1. The second kappa shape index (κ2) is 6.13. The van der Waals surface area contributed by atoms with Crippen LogP contribution in [0, 0.1) is 24.4 Å². The number of ether oxygens (including phenoxy) is 1. The van der Waals surface area contributed by atoms with Crippen LogP contribution in [0.2, 0.25) is 0 Å². The first-order valence-electron chi connectivity index (χ1n) is 5.99. The van der Waals surface area contributed by atoms with Crippen LogP contribution in [0.1, 0.15) is 23.0 Å². The Morgan fingerprint density at radius 3 is 2.52 bits per heavy atom. The van der Waals surface area contributed by atoms with Crippen LogP contribution < -0.4 is 5.32 Å². The lowest BCUT2D eigenvalue weighted by atomic mass is 10.2. The van der Waals surface area contributed by atoms with E-state index in [1.807, 2.05) is 0 Å². The number of anilines is 2. The highest BCUT2D eigenvalue weighted by atomic mass is 32.1. The average Bonchev–Trinajstić information content (AvgIpc) is 2.75. The summed E-state index contributed by atoms with van der Waals surface area (Å²) in [7, 11) is 0. The van der Waals surface area contributed by atoms with E-state index in [0.29, 0.717) is 17.8 Å². The molecule has 0 saturated carbocycles. The van der Waals surface area contributed by atoms with Crippen LogP contribution in [0.25, 0.3) is 0 Å². The van der Waals surface area contributed by atoms with Gasteiger partial charge in [0.05, 0.1) is 12.3 Å². The molecule has 0 amide bonds. The number of halogens is 3. The van der Waals surface area contributed by atoms with Gasteiger partial charge in [-0.15, -0.1) is 0 Å². The minimum absolute atomic E-state index is 0.102. The lowest BCUT2D eigenvalue weighted by Crippen LogP contribution is -2.08. The summed E-state index contributed by atoms with van der Waals surface area (Å²) in [6, 6.07) is 1.09. The predicted molar refractivity (Wildman–Crippen MR) is 72.4 cm³/mol. The Labute approximate surface area is 122 Å². The van der Waals surface area contributed by atoms with Crippen LogP contribution in [0.3, 0.4) is 0 Å². The Kier molecular flexibility index (Phi) is 4.46. The maximum absolute atomic E-state index is 13.6. The zero-order chi connectivity index (χ0) is 15.6. The van der Waals surface area contributed by atoms with E-state index in [9.17, 15) is 18.0 Å². The summed E-state index contributed by atoms with van der Waals surface area (Å²) >= 11 is 0.858. The summed E-state index contributed by atoms with van der Waals surface area (Å²) in [5, 5.41) is 2.57. The summed E-state index contributed by atoms with van der Waals surface area (Å²) in [6.45, 7) is 3.37. The molecule has 0 aliphatic rings.